The average Bonchev–Trinajstić information content (AvgIpc) is 2.76. The number of carboxylic acids is 1. The topological polar surface area (TPSA) is 49.3 Å². The highest BCUT2D eigenvalue weighted by molar-refractivity contribution is 7.10. The van der Waals surface area contributed by atoms with Crippen LogP contribution in [0.4, 0.5) is 0 Å². The molecule has 4 heteroatoms. The number of nitrogens with one attached hydrogen (secondary N) is 1. The summed E-state index contributed by atoms with van der Waals surface area (Å²) in [6.45, 7) is 4.08. The summed E-state index contributed by atoms with van der Waals surface area (Å²) in [5, 5.41) is 14.3. The highest BCUT2D eigenvalue weighted by Crippen LogP contribution is 2.19. The SMILES string of the molecule is CCCCC(N[C@@H](C)c1cccs1)C(=O)O. The third-order valence-electron chi connectivity index (χ3n) is 2.57. The molecule has 2 N–H and O–H groups in total. The van der Waals surface area contributed by atoms with Crippen molar-refractivity contribution in [2.45, 2.75) is 45.2 Å². The van der Waals surface area contributed by atoms with Crippen LogP contribution in [0, 0.1) is 0 Å². The number of thiophene rings is 1. The molecule has 0 fully saturated rings. The Morgan fingerprint density at radius 1 is 1.62 bits per heavy atom. The largest absolute Gasteiger partial charge is 0.480 e. The third-order valence-corrected chi connectivity index (χ3v) is 3.62. The van der Waals surface area contributed by atoms with Gasteiger partial charge in [-0.3, -0.25) is 10.1 Å². The standard InChI is InChI=1S/C12H19NO2S/c1-3-4-6-10(12(14)15)13-9(2)11-7-5-8-16-11/h5,7-10,13H,3-4,6H2,1-2H3,(H,14,15)/t9-,10?/m0/s1. The van der Waals surface area contributed by atoms with Crippen LogP contribution in [0.25, 0.3) is 0 Å². The highest BCUT2D eigenvalue weighted by atomic mass is 32.1. The van der Waals surface area contributed by atoms with Crippen LogP contribution in [-0.2, 0) is 4.79 Å². The first-order chi connectivity index (χ1) is 7.65. The normalized spacial score (nSPS) is 14.6. The van der Waals surface area contributed by atoms with Gasteiger partial charge in [-0.15, -0.1) is 11.3 Å². The molecule has 2 atom stereocenters. The Labute approximate surface area is 100 Å². The number of aliphatic carboxylic acids is 1. The van der Waals surface area contributed by atoms with Gasteiger partial charge in [-0.1, -0.05) is 25.8 Å². The Morgan fingerprint density at radius 3 is 2.88 bits per heavy atom. The predicted molar refractivity (Wildman–Crippen MR) is 66.8 cm³/mol. The molecule has 1 aromatic rings. The highest BCUT2D eigenvalue weighted by Gasteiger charge is 2.19. The van der Waals surface area contributed by atoms with Gasteiger partial charge in [0.1, 0.15) is 6.04 Å². The summed E-state index contributed by atoms with van der Waals surface area (Å²) < 4.78 is 0. The maximum absolute atomic E-state index is 11.1. The minimum Gasteiger partial charge on any atom is -0.480 e. The molecule has 1 aromatic heterocycles. The van der Waals surface area contributed by atoms with Crippen molar-refractivity contribution >= 4 is 17.3 Å². The van der Waals surface area contributed by atoms with Crippen molar-refractivity contribution in [2.75, 3.05) is 0 Å². The molecule has 3 nitrogen and oxygen atoms in total. The lowest BCUT2D eigenvalue weighted by Crippen LogP contribution is -2.38. The van der Waals surface area contributed by atoms with Crippen LogP contribution in [0.2, 0.25) is 0 Å². The number of rotatable bonds is 7. The zero-order valence-electron chi connectivity index (χ0n) is 9.77. The van der Waals surface area contributed by atoms with E-state index in [0.717, 1.165) is 12.8 Å². The molecule has 0 aliphatic rings. The van der Waals surface area contributed by atoms with Gasteiger partial charge in [-0.05, 0) is 24.8 Å². The molecule has 90 valence electrons. The molecule has 0 bridgehead atoms. The van der Waals surface area contributed by atoms with E-state index in [2.05, 4.69) is 12.2 Å². The molecule has 0 aliphatic heterocycles. The zero-order chi connectivity index (χ0) is 12.0. The minimum absolute atomic E-state index is 0.109. The number of carboxylic acid groups (broad SMARTS) is 1. The van der Waals surface area contributed by atoms with E-state index >= 15 is 0 Å². The molecule has 1 heterocycles. The van der Waals surface area contributed by atoms with Crippen molar-refractivity contribution in [3.8, 4) is 0 Å². The van der Waals surface area contributed by atoms with Gasteiger partial charge in [-0.25, -0.2) is 0 Å². The monoisotopic (exact) mass is 241 g/mol. The Morgan fingerprint density at radius 2 is 2.38 bits per heavy atom. The number of unbranched alkanes of at least 4 members (excludes halogenated alkanes) is 1. The van der Waals surface area contributed by atoms with E-state index in [1.807, 2.05) is 24.4 Å². The van der Waals surface area contributed by atoms with Crippen molar-refractivity contribution < 1.29 is 9.90 Å². The zero-order valence-corrected chi connectivity index (χ0v) is 10.6. The molecular formula is C12H19NO2S. The minimum atomic E-state index is -0.753. The quantitative estimate of drug-likeness (QED) is 0.771. The summed E-state index contributed by atoms with van der Waals surface area (Å²) in [5.41, 5.74) is 0. The van der Waals surface area contributed by atoms with Gasteiger partial charge >= 0.3 is 5.97 Å². The first-order valence-electron chi connectivity index (χ1n) is 5.67. The lowest BCUT2D eigenvalue weighted by Gasteiger charge is -2.19. The first kappa shape index (κ1) is 13.2. The van der Waals surface area contributed by atoms with Gasteiger partial charge in [0.25, 0.3) is 0 Å². The Hall–Kier alpha value is -0.870. The first-order valence-corrected chi connectivity index (χ1v) is 6.55. The van der Waals surface area contributed by atoms with Crippen molar-refractivity contribution in [2.24, 2.45) is 0 Å². The van der Waals surface area contributed by atoms with Crippen molar-refractivity contribution in [1.29, 1.82) is 0 Å². The Bertz CT molecular complexity index is 311. The predicted octanol–water partition coefficient (Wildman–Crippen LogP) is 3.04. The number of hydrogen-bond acceptors (Lipinski definition) is 3. The van der Waals surface area contributed by atoms with Crippen molar-refractivity contribution in [1.82, 2.24) is 5.32 Å². The number of carbonyl (C=O) groups is 1. The van der Waals surface area contributed by atoms with Crippen molar-refractivity contribution in [3.63, 3.8) is 0 Å². The summed E-state index contributed by atoms with van der Waals surface area (Å²) >= 11 is 1.65. The van der Waals surface area contributed by atoms with Crippen LogP contribution in [0.1, 0.15) is 44.0 Å². The van der Waals surface area contributed by atoms with E-state index in [-0.39, 0.29) is 6.04 Å². The molecule has 0 aliphatic carbocycles. The van der Waals surface area contributed by atoms with Gasteiger partial charge in [0.05, 0.1) is 0 Å². The average molecular weight is 241 g/mol. The summed E-state index contributed by atoms with van der Waals surface area (Å²) in [7, 11) is 0. The fourth-order valence-electron chi connectivity index (χ4n) is 1.61. The second-order valence-electron chi connectivity index (χ2n) is 3.94. The molecule has 1 rings (SSSR count). The molecule has 0 amide bonds. The second kappa shape index (κ2) is 6.66. The van der Waals surface area contributed by atoms with E-state index in [0.29, 0.717) is 6.42 Å². The fourth-order valence-corrected chi connectivity index (χ4v) is 2.35. The summed E-state index contributed by atoms with van der Waals surface area (Å²) in [6.07, 6.45) is 2.67. The van der Waals surface area contributed by atoms with Crippen LogP contribution in [-0.4, -0.2) is 17.1 Å². The van der Waals surface area contributed by atoms with E-state index in [9.17, 15) is 4.79 Å². The smallest absolute Gasteiger partial charge is 0.320 e. The van der Waals surface area contributed by atoms with Crippen LogP contribution in [0.5, 0.6) is 0 Å². The Kier molecular flexibility index (Phi) is 5.49. The maximum atomic E-state index is 11.1. The number of hydrogen-bond donors (Lipinski definition) is 2. The lowest BCUT2D eigenvalue weighted by molar-refractivity contribution is -0.139. The van der Waals surface area contributed by atoms with Crippen LogP contribution in [0.15, 0.2) is 17.5 Å². The van der Waals surface area contributed by atoms with E-state index < -0.39 is 12.0 Å². The molecule has 0 aromatic carbocycles. The van der Waals surface area contributed by atoms with Crippen molar-refractivity contribution in [3.05, 3.63) is 22.4 Å². The summed E-state index contributed by atoms with van der Waals surface area (Å²) in [4.78, 5) is 12.2. The van der Waals surface area contributed by atoms with E-state index in [1.165, 1.54) is 4.88 Å². The lowest BCUT2D eigenvalue weighted by atomic mass is 10.1. The molecule has 16 heavy (non-hydrogen) atoms. The van der Waals surface area contributed by atoms with Gasteiger partial charge in [0.2, 0.25) is 0 Å². The molecule has 0 spiro atoms. The van der Waals surface area contributed by atoms with Crippen LogP contribution < -0.4 is 5.32 Å². The van der Waals surface area contributed by atoms with Crippen LogP contribution in [0.3, 0.4) is 0 Å². The van der Waals surface area contributed by atoms with E-state index in [4.69, 9.17) is 5.11 Å². The molecule has 0 radical (unpaired) electrons. The second-order valence-corrected chi connectivity index (χ2v) is 4.92. The van der Waals surface area contributed by atoms with Gasteiger partial charge in [-0.2, -0.15) is 0 Å². The van der Waals surface area contributed by atoms with Gasteiger partial charge < -0.3 is 5.11 Å². The Balaban J connectivity index is 2.51. The van der Waals surface area contributed by atoms with Gasteiger partial charge in [0.15, 0.2) is 0 Å². The summed E-state index contributed by atoms with van der Waals surface area (Å²) in [5.74, 6) is -0.753. The summed E-state index contributed by atoms with van der Waals surface area (Å²) in [6, 6.07) is 3.69. The third kappa shape index (κ3) is 3.94. The van der Waals surface area contributed by atoms with E-state index in [1.54, 1.807) is 11.3 Å². The van der Waals surface area contributed by atoms with Gasteiger partial charge in [0, 0.05) is 10.9 Å². The molecular weight excluding hydrogens is 222 g/mol. The molecule has 0 saturated heterocycles. The van der Waals surface area contributed by atoms with Crippen LogP contribution >= 0.6 is 11.3 Å². The molecule has 1 unspecified atom stereocenters. The maximum Gasteiger partial charge on any atom is 0.320 e. The fraction of sp³-hybridized carbons (Fsp3) is 0.583. The molecule has 0 saturated carbocycles.